The summed E-state index contributed by atoms with van der Waals surface area (Å²) in [6.07, 6.45) is 0.326. The first kappa shape index (κ1) is 17.7. The van der Waals surface area contributed by atoms with Crippen molar-refractivity contribution in [2.24, 2.45) is 0 Å². The number of methoxy groups -OCH3 is 1. The number of carbonyl (C=O) groups is 1. The van der Waals surface area contributed by atoms with Crippen LogP contribution in [0.1, 0.15) is 22.6 Å². The number of benzene rings is 2. The Kier molecular flexibility index (Phi) is 5.31. The molecule has 1 heterocycles. The molecule has 3 rings (SSSR count). The molecule has 0 aliphatic carbocycles. The SMILES string of the molecule is COc1ccc(-c2noc(CNC(=O)Cc3cc(C)ccc3C)n2)cc1. The van der Waals surface area contributed by atoms with Crippen molar-refractivity contribution in [3.63, 3.8) is 0 Å². The maximum absolute atomic E-state index is 12.2. The lowest BCUT2D eigenvalue weighted by atomic mass is 10.0. The predicted molar refractivity (Wildman–Crippen MR) is 97.8 cm³/mol. The van der Waals surface area contributed by atoms with E-state index in [4.69, 9.17) is 9.26 Å². The van der Waals surface area contributed by atoms with Gasteiger partial charge in [0.2, 0.25) is 17.6 Å². The van der Waals surface area contributed by atoms with E-state index < -0.39 is 0 Å². The molecule has 0 saturated carbocycles. The van der Waals surface area contributed by atoms with Gasteiger partial charge in [0.25, 0.3) is 0 Å². The van der Waals surface area contributed by atoms with Gasteiger partial charge in [0.15, 0.2) is 0 Å². The second-order valence-corrected chi connectivity index (χ2v) is 6.12. The van der Waals surface area contributed by atoms with Crippen molar-refractivity contribution in [1.29, 1.82) is 0 Å². The number of hydrogen-bond donors (Lipinski definition) is 1. The lowest BCUT2D eigenvalue weighted by molar-refractivity contribution is -0.120. The van der Waals surface area contributed by atoms with Crippen molar-refractivity contribution in [3.05, 3.63) is 65.0 Å². The molecule has 134 valence electrons. The van der Waals surface area contributed by atoms with Crippen LogP contribution in [0.5, 0.6) is 5.75 Å². The normalized spacial score (nSPS) is 10.6. The minimum atomic E-state index is -0.0807. The zero-order valence-corrected chi connectivity index (χ0v) is 15.1. The maximum Gasteiger partial charge on any atom is 0.246 e. The van der Waals surface area contributed by atoms with Crippen molar-refractivity contribution in [3.8, 4) is 17.1 Å². The summed E-state index contributed by atoms with van der Waals surface area (Å²) >= 11 is 0. The molecule has 1 N–H and O–H groups in total. The Bertz CT molecular complexity index is 901. The van der Waals surface area contributed by atoms with Crippen LogP contribution in [0.2, 0.25) is 0 Å². The van der Waals surface area contributed by atoms with E-state index in [1.165, 1.54) is 0 Å². The molecule has 0 saturated heterocycles. The number of aromatic nitrogens is 2. The molecule has 0 aliphatic rings. The zero-order valence-electron chi connectivity index (χ0n) is 15.1. The van der Waals surface area contributed by atoms with Gasteiger partial charge in [-0.05, 0) is 49.2 Å². The number of nitrogens with one attached hydrogen (secondary N) is 1. The molecule has 0 spiro atoms. The average molecular weight is 351 g/mol. The van der Waals surface area contributed by atoms with E-state index in [9.17, 15) is 4.79 Å². The fourth-order valence-corrected chi connectivity index (χ4v) is 2.58. The van der Waals surface area contributed by atoms with Crippen LogP contribution in [-0.4, -0.2) is 23.2 Å². The first-order chi connectivity index (χ1) is 12.5. The Morgan fingerprint density at radius 1 is 1.15 bits per heavy atom. The van der Waals surface area contributed by atoms with Crippen LogP contribution in [0.3, 0.4) is 0 Å². The Morgan fingerprint density at radius 2 is 1.92 bits per heavy atom. The molecule has 6 heteroatoms. The number of aryl methyl sites for hydroxylation is 2. The number of amides is 1. The van der Waals surface area contributed by atoms with Crippen molar-refractivity contribution in [2.75, 3.05) is 7.11 Å². The summed E-state index contributed by atoms with van der Waals surface area (Å²) in [7, 11) is 1.61. The molecule has 1 amide bonds. The Labute approximate surface area is 152 Å². The van der Waals surface area contributed by atoms with Crippen LogP contribution in [0.4, 0.5) is 0 Å². The van der Waals surface area contributed by atoms with Gasteiger partial charge in [-0.3, -0.25) is 4.79 Å². The van der Waals surface area contributed by atoms with Crippen LogP contribution in [-0.2, 0) is 17.8 Å². The van der Waals surface area contributed by atoms with Gasteiger partial charge < -0.3 is 14.6 Å². The standard InChI is InChI=1S/C20H21N3O3/c1-13-4-5-14(2)16(10-13)11-18(24)21-12-19-22-20(23-26-19)15-6-8-17(25-3)9-7-15/h4-10H,11-12H2,1-3H3,(H,21,24). The molecular formula is C20H21N3O3. The third kappa shape index (κ3) is 4.27. The van der Waals surface area contributed by atoms with E-state index in [-0.39, 0.29) is 12.5 Å². The number of hydrogen-bond acceptors (Lipinski definition) is 5. The first-order valence-corrected chi connectivity index (χ1v) is 8.35. The van der Waals surface area contributed by atoms with Crippen LogP contribution < -0.4 is 10.1 Å². The molecule has 0 fully saturated rings. The number of nitrogens with zero attached hydrogens (tertiary/aromatic N) is 2. The van der Waals surface area contributed by atoms with E-state index >= 15 is 0 Å². The Morgan fingerprint density at radius 3 is 2.65 bits per heavy atom. The average Bonchev–Trinajstić information content (AvgIpc) is 3.12. The smallest absolute Gasteiger partial charge is 0.246 e. The lowest BCUT2D eigenvalue weighted by Gasteiger charge is -2.07. The molecule has 6 nitrogen and oxygen atoms in total. The quantitative estimate of drug-likeness (QED) is 0.738. The number of ether oxygens (including phenoxy) is 1. The van der Waals surface area contributed by atoms with E-state index in [1.807, 2.05) is 56.3 Å². The third-order valence-electron chi connectivity index (χ3n) is 4.11. The largest absolute Gasteiger partial charge is 0.497 e. The summed E-state index contributed by atoms with van der Waals surface area (Å²) < 4.78 is 10.3. The second kappa shape index (κ2) is 7.82. The molecule has 2 aromatic carbocycles. The molecular weight excluding hydrogens is 330 g/mol. The molecule has 3 aromatic rings. The topological polar surface area (TPSA) is 77.3 Å². The van der Waals surface area contributed by atoms with Crippen molar-refractivity contribution < 1.29 is 14.1 Å². The van der Waals surface area contributed by atoms with Crippen LogP contribution >= 0.6 is 0 Å². The van der Waals surface area contributed by atoms with Gasteiger partial charge in [-0.25, -0.2) is 0 Å². The van der Waals surface area contributed by atoms with Crippen molar-refractivity contribution >= 4 is 5.91 Å². The van der Waals surface area contributed by atoms with Gasteiger partial charge in [-0.15, -0.1) is 0 Å². The summed E-state index contributed by atoms with van der Waals surface area (Å²) in [5.74, 6) is 1.52. The second-order valence-electron chi connectivity index (χ2n) is 6.12. The highest BCUT2D eigenvalue weighted by Gasteiger charge is 2.11. The van der Waals surface area contributed by atoms with Crippen LogP contribution in [0, 0.1) is 13.8 Å². The third-order valence-corrected chi connectivity index (χ3v) is 4.11. The predicted octanol–water partition coefficient (Wildman–Crippen LogP) is 3.22. The lowest BCUT2D eigenvalue weighted by Crippen LogP contribution is -2.25. The molecule has 0 atom stereocenters. The summed E-state index contributed by atoms with van der Waals surface area (Å²) in [6.45, 7) is 4.22. The van der Waals surface area contributed by atoms with E-state index in [1.54, 1.807) is 7.11 Å². The van der Waals surface area contributed by atoms with E-state index in [0.29, 0.717) is 18.1 Å². The number of carbonyl (C=O) groups excluding carboxylic acids is 1. The van der Waals surface area contributed by atoms with Crippen molar-refractivity contribution in [2.45, 2.75) is 26.8 Å². The van der Waals surface area contributed by atoms with Gasteiger partial charge in [0.05, 0.1) is 20.1 Å². The fraction of sp³-hybridized carbons (Fsp3) is 0.250. The highest BCUT2D eigenvalue weighted by Crippen LogP contribution is 2.19. The summed E-state index contributed by atoms with van der Waals surface area (Å²) in [4.78, 5) is 16.5. The van der Waals surface area contributed by atoms with Gasteiger partial charge in [0.1, 0.15) is 5.75 Å². The monoisotopic (exact) mass is 351 g/mol. The van der Waals surface area contributed by atoms with Gasteiger partial charge >= 0.3 is 0 Å². The molecule has 0 aliphatic heterocycles. The van der Waals surface area contributed by atoms with Crippen LogP contribution in [0.25, 0.3) is 11.4 Å². The highest BCUT2D eigenvalue weighted by molar-refractivity contribution is 5.78. The first-order valence-electron chi connectivity index (χ1n) is 8.35. The summed E-state index contributed by atoms with van der Waals surface area (Å²) in [6, 6.07) is 13.5. The summed E-state index contributed by atoms with van der Waals surface area (Å²) in [5, 5.41) is 6.77. The van der Waals surface area contributed by atoms with Crippen LogP contribution in [0.15, 0.2) is 47.0 Å². The molecule has 0 bridgehead atoms. The molecule has 0 radical (unpaired) electrons. The highest BCUT2D eigenvalue weighted by atomic mass is 16.5. The Balaban J connectivity index is 1.58. The number of rotatable bonds is 6. The van der Waals surface area contributed by atoms with Gasteiger partial charge in [0, 0.05) is 5.56 Å². The molecule has 1 aromatic heterocycles. The van der Waals surface area contributed by atoms with Crippen molar-refractivity contribution in [1.82, 2.24) is 15.5 Å². The summed E-state index contributed by atoms with van der Waals surface area (Å²) in [5.41, 5.74) is 4.08. The maximum atomic E-state index is 12.2. The molecule has 0 unspecified atom stereocenters. The zero-order chi connectivity index (χ0) is 18.5. The minimum Gasteiger partial charge on any atom is -0.497 e. The Hall–Kier alpha value is -3.15. The molecule has 26 heavy (non-hydrogen) atoms. The van der Waals surface area contributed by atoms with Gasteiger partial charge in [-0.2, -0.15) is 4.98 Å². The fourth-order valence-electron chi connectivity index (χ4n) is 2.58. The van der Waals surface area contributed by atoms with E-state index in [0.717, 1.165) is 28.0 Å². The minimum absolute atomic E-state index is 0.0807. The van der Waals surface area contributed by atoms with Gasteiger partial charge in [-0.1, -0.05) is 28.9 Å². The van der Waals surface area contributed by atoms with E-state index in [2.05, 4.69) is 15.5 Å².